The molecule has 206 valence electrons. The first-order valence-electron chi connectivity index (χ1n) is 14.2. The Balaban J connectivity index is 4.44. The molecule has 0 heterocycles. The second-order valence-electron chi connectivity index (χ2n) is 11.0. The van der Waals surface area contributed by atoms with Gasteiger partial charge in [-0.2, -0.15) is 0 Å². The molecule has 1 unspecified atom stereocenters. The van der Waals surface area contributed by atoms with E-state index in [-0.39, 0.29) is 10.9 Å². The van der Waals surface area contributed by atoms with E-state index >= 15 is 0 Å². The molecule has 7 nitrogen and oxygen atoms in total. The van der Waals surface area contributed by atoms with Crippen molar-refractivity contribution < 1.29 is 24.0 Å². The Bertz CT molecular complexity index is 567. The Morgan fingerprint density at radius 3 is 1.29 bits per heavy atom. The molecule has 35 heavy (non-hydrogen) atoms. The molecule has 0 saturated heterocycles. The minimum atomic E-state index is -1.39. The van der Waals surface area contributed by atoms with Crippen LogP contribution >= 0.6 is 0 Å². The van der Waals surface area contributed by atoms with E-state index in [4.69, 9.17) is 0 Å². The molecule has 0 aromatic carbocycles. The highest BCUT2D eigenvalue weighted by Gasteiger charge is 2.65. The van der Waals surface area contributed by atoms with Crippen LogP contribution in [0.3, 0.4) is 0 Å². The van der Waals surface area contributed by atoms with Crippen LogP contribution in [0.15, 0.2) is 0 Å². The average Bonchev–Trinajstić information content (AvgIpc) is 2.80. The monoisotopic (exact) mass is 498 g/mol. The number of carbonyl (C=O) groups excluding carboxylic acids is 2. The third kappa shape index (κ3) is 10.9. The lowest BCUT2D eigenvalue weighted by Gasteiger charge is -2.53. The van der Waals surface area contributed by atoms with Gasteiger partial charge in [0, 0.05) is 6.42 Å². The number of likely N-dealkylation sites (N-methyl/N-ethyl adjacent to an activating group) is 1. The van der Waals surface area contributed by atoms with Crippen molar-refractivity contribution >= 4 is 18.8 Å². The predicted molar refractivity (Wildman–Crippen MR) is 144 cm³/mol. The van der Waals surface area contributed by atoms with Crippen LogP contribution in [0.4, 0.5) is 0 Å². The van der Waals surface area contributed by atoms with Crippen LogP contribution in [0.1, 0.15) is 129 Å². The van der Waals surface area contributed by atoms with Gasteiger partial charge in [0.2, 0.25) is 18.4 Å². The van der Waals surface area contributed by atoms with Gasteiger partial charge in [-0.1, -0.05) is 110 Å². The maximum absolute atomic E-state index is 12.7. The van der Waals surface area contributed by atoms with E-state index in [9.17, 15) is 19.5 Å². The minimum absolute atomic E-state index is 0.0800. The molecule has 0 saturated carbocycles. The first kappa shape index (κ1) is 33.4. The van der Waals surface area contributed by atoms with Crippen molar-refractivity contribution in [1.29, 1.82) is 0 Å². The molecule has 0 aromatic heterocycles. The molecule has 7 heteroatoms. The number of quaternary nitrogens is 1. The van der Waals surface area contributed by atoms with Gasteiger partial charge in [0.1, 0.15) is 0 Å². The van der Waals surface area contributed by atoms with Crippen LogP contribution in [0.2, 0.25) is 0 Å². The molecule has 0 fully saturated rings. The Hall–Kier alpha value is -1.63. The van der Waals surface area contributed by atoms with Crippen LogP contribution in [-0.4, -0.2) is 60.7 Å². The normalized spacial score (nSPS) is 13.7. The first-order valence-corrected chi connectivity index (χ1v) is 14.2. The summed E-state index contributed by atoms with van der Waals surface area (Å²) in [5.74, 6) is -1.02. The molecule has 1 atom stereocenters. The summed E-state index contributed by atoms with van der Waals surface area (Å²) in [5, 5.41) is 15.7. The number of nitrogens with one attached hydrogen (secondary N) is 2. The highest BCUT2D eigenvalue weighted by Crippen LogP contribution is 2.37. The van der Waals surface area contributed by atoms with Crippen LogP contribution in [-0.2, 0) is 14.4 Å². The summed E-state index contributed by atoms with van der Waals surface area (Å²) < 4.78 is 0.0800. The summed E-state index contributed by atoms with van der Waals surface area (Å²) in [6, 6.07) is 0. The molecule has 0 radical (unpaired) electrons. The largest absolute Gasteiger partial charge is 0.476 e. The number of aliphatic carboxylic acids is 1. The Labute approximate surface area is 215 Å². The molecular formula is C28H56N3O4+. The van der Waals surface area contributed by atoms with Crippen molar-refractivity contribution in [2.75, 3.05) is 21.1 Å². The topological polar surface area (TPSA) is 95.5 Å². The third-order valence-corrected chi connectivity index (χ3v) is 7.74. The fourth-order valence-corrected chi connectivity index (χ4v) is 5.60. The summed E-state index contributed by atoms with van der Waals surface area (Å²) in [6.07, 6.45) is 21.7. The van der Waals surface area contributed by atoms with Gasteiger partial charge in [-0.3, -0.25) is 9.59 Å². The van der Waals surface area contributed by atoms with Gasteiger partial charge < -0.3 is 20.2 Å². The summed E-state index contributed by atoms with van der Waals surface area (Å²) in [4.78, 5) is 35.5. The first-order chi connectivity index (χ1) is 16.7. The highest BCUT2D eigenvalue weighted by molar-refractivity contribution is 5.81. The van der Waals surface area contributed by atoms with Gasteiger partial charge in [-0.15, -0.1) is 0 Å². The Morgan fingerprint density at radius 2 is 1.03 bits per heavy atom. The molecule has 0 aliphatic carbocycles. The van der Waals surface area contributed by atoms with Crippen molar-refractivity contribution in [2.24, 2.45) is 0 Å². The highest BCUT2D eigenvalue weighted by atomic mass is 16.4. The number of carbonyl (C=O) groups is 3. The van der Waals surface area contributed by atoms with E-state index in [1.165, 1.54) is 83.5 Å². The van der Waals surface area contributed by atoms with Gasteiger partial charge in [0.25, 0.3) is 0 Å². The van der Waals surface area contributed by atoms with E-state index in [2.05, 4.69) is 17.6 Å². The van der Waals surface area contributed by atoms with Gasteiger partial charge in [-0.05, 0) is 12.8 Å². The van der Waals surface area contributed by atoms with Crippen molar-refractivity contribution in [3.05, 3.63) is 0 Å². The lowest BCUT2D eigenvalue weighted by Crippen LogP contribution is -2.82. The lowest BCUT2D eigenvalue weighted by atomic mass is 9.74. The maximum Gasteiger partial charge on any atom is 0.370 e. The van der Waals surface area contributed by atoms with Crippen molar-refractivity contribution in [1.82, 2.24) is 10.6 Å². The quantitative estimate of drug-likeness (QED) is 0.0645. The number of unbranched alkanes of at least 4 members (excludes halogenated alkanes) is 15. The fraction of sp³-hybridized carbons (Fsp3) is 0.893. The fourth-order valence-electron chi connectivity index (χ4n) is 5.60. The number of carboxylic acid groups (broad SMARTS) is 1. The number of nitrogens with zero attached hydrogens (tertiary/aromatic N) is 1. The third-order valence-electron chi connectivity index (χ3n) is 7.74. The average molecular weight is 499 g/mol. The number of hydrogen-bond donors (Lipinski definition) is 3. The lowest BCUT2D eigenvalue weighted by molar-refractivity contribution is -0.920. The van der Waals surface area contributed by atoms with Crippen LogP contribution in [0.25, 0.3) is 0 Å². The SMILES string of the molecule is CCCCCCCCCCCCCCCCCCC(C(=O)O)(C(CC)(NC=O)NC=O)[N+](C)(C)C. The zero-order valence-electron chi connectivity index (χ0n) is 23.5. The Morgan fingerprint density at radius 1 is 0.686 bits per heavy atom. The van der Waals surface area contributed by atoms with E-state index in [0.717, 1.165) is 19.3 Å². The molecule has 0 aliphatic heterocycles. The number of hydrogen-bond acceptors (Lipinski definition) is 3. The van der Waals surface area contributed by atoms with Gasteiger partial charge in [0.05, 0.1) is 21.1 Å². The standard InChI is InChI=1S/C28H55N3O4/c1-6-8-9-10-11-12-13-14-15-16-17-18-19-20-21-22-23-27(26(34)35,31(3,4)5)28(7-2,29-24-32)30-25-33/h24-25H,6-23H2,1-5H3,(H2-,29,30,32,33,34,35)/p+1. The van der Waals surface area contributed by atoms with Crippen molar-refractivity contribution in [3.63, 3.8) is 0 Å². The molecule has 2 amide bonds. The van der Waals surface area contributed by atoms with Crippen LogP contribution in [0.5, 0.6) is 0 Å². The van der Waals surface area contributed by atoms with Crippen LogP contribution < -0.4 is 10.6 Å². The molecule has 0 aliphatic rings. The summed E-state index contributed by atoms with van der Waals surface area (Å²) in [7, 11) is 5.43. The van der Waals surface area contributed by atoms with Crippen molar-refractivity contribution in [2.45, 2.75) is 141 Å². The molecule has 0 bridgehead atoms. The van der Waals surface area contributed by atoms with E-state index < -0.39 is 17.2 Å². The van der Waals surface area contributed by atoms with E-state index in [1.807, 2.05) is 21.1 Å². The molecule has 0 spiro atoms. The van der Waals surface area contributed by atoms with Crippen LogP contribution in [0, 0.1) is 0 Å². The van der Waals surface area contributed by atoms with E-state index in [1.54, 1.807) is 6.92 Å². The predicted octanol–water partition coefficient (Wildman–Crippen LogP) is 5.77. The van der Waals surface area contributed by atoms with Gasteiger partial charge in [0.15, 0.2) is 5.66 Å². The maximum atomic E-state index is 12.7. The van der Waals surface area contributed by atoms with E-state index in [0.29, 0.717) is 19.2 Å². The number of carboxylic acids is 1. The molecule has 0 rings (SSSR count). The van der Waals surface area contributed by atoms with Gasteiger partial charge >= 0.3 is 5.97 Å². The zero-order valence-corrected chi connectivity index (χ0v) is 23.5. The molecular weight excluding hydrogens is 442 g/mol. The summed E-state index contributed by atoms with van der Waals surface area (Å²) in [5.41, 5.74) is -2.75. The zero-order chi connectivity index (χ0) is 26.6. The second kappa shape index (κ2) is 18.6. The summed E-state index contributed by atoms with van der Waals surface area (Å²) in [6.45, 7) is 4.05. The smallest absolute Gasteiger partial charge is 0.370 e. The molecule has 0 aromatic rings. The second-order valence-corrected chi connectivity index (χ2v) is 11.0. The summed E-state index contributed by atoms with van der Waals surface area (Å²) >= 11 is 0. The van der Waals surface area contributed by atoms with Crippen molar-refractivity contribution in [3.8, 4) is 0 Å². The minimum Gasteiger partial charge on any atom is -0.476 e. The Kier molecular flexibility index (Phi) is 17.7. The number of amides is 2. The number of rotatable bonds is 25. The van der Waals surface area contributed by atoms with Gasteiger partial charge in [-0.25, -0.2) is 4.79 Å². The molecule has 3 N–H and O–H groups in total.